The van der Waals surface area contributed by atoms with Gasteiger partial charge in [0.25, 0.3) is 0 Å². The fraction of sp³-hybridized carbons (Fsp3) is 0.955. The van der Waals surface area contributed by atoms with Crippen molar-refractivity contribution in [3.63, 3.8) is 0 Å². The number of aliphatic imine (C=N–C) groups is 1. The Balaban J connectivity index is 2.30. The molecule has 1 rings (SSSR count). The zero-order valence-corrected chi connectivity index (χ0v) is 49.2. The average Bonchev–Trinajstić information content (AvgIpc) is 3.80. The van der Waals surface area contributed by atoms with E-state index >= 15 is 0 Å². The van der Waals surface area contributed by atoms with E-state index in [9.17, 15) is 9.59 Å². The molecule has 426 valence electrons. The molecule has 0 aromatic carbocycles. The third kappa shape index (κ3) is 48.1. The SMILES string of the molecule is CCCCCCCCCCCCCCCCCCCCCC1=NC(COC(=O)CCCCCCCCCCCCCCCCCCC)(COC(=O)CCCCCCCCCCCCCCCCCCC)CO1. The summed E-state index contributed by atoms with van der Waals surface area (Å²) in [6, 6.07) is 0. The second-order valence-electron chi connectivity index (χ2n) is 23.3. The van der Waals surface area contributed by atoms with Gasteiger partial charge in [0, 0.05) is 19.3 Å². The van der Waals surface area contributed by atoms with Crippen LogP contribution in [0.2, 0.25) is 0 Å². The number of hydrogen-bond donors (Lipinski definition) is 0. The first kappa shape index (κ1) is 68.4. The molecular formula is C66H127NO5. The lowest BCUT2D eigenvalue weighted by Crippen LogP contribution is -2.41. The Labute approximate surface area is 450 Å². The summed E-state index contributed by atoms with van der Waals surface area (Å²) < 4.78 is 17.9. The van der Waals surface area contributed by atoms with Gasteiger partial charge in [-0.1, -0.05) is 342 Å². The summed E-state index contributed by atoms with van der Waals surface area (Å²) in [6.45, 7) is 7.41. The molecule has 0 aliphatic carbocycles. The molecule has 6 nitrogen and oxygen atoms in total. The lowest BCUT2D eigenvalue weighted by molar-refractivity contribution is -0.150. The first-order valence-corrected chi connectivity index (χ1v) is 33.1. The molecule has 0 radical (unpaired) electrons. The minimum Gasteiger partial charge on any atom is -0.478 e. The van der Waals surface area contributed by atoms with Crippen LogP contribution >= 0.6 is 0 Å². The molecule has 72 heavy (non-hydrogen) atoms. The van der Waals surface area contributed by atoms with Crippen LogP contribution in [0.15, 0.2) is 4.99 Å². The van der Waals surface area contributed by atoms with Gasteiger partial charge in [0.15, 0.2) is 11.4 Å². The maximum Gasteiger partial charge on any atom is 0.305 e. The molecular weight excluding hydrogens is 887 g/mol. The zero-order valence-electron chi connectivity index (χ0n) is 49.2. The van der Waals surface area contributed by atoms with Crippen LogP contribution in [-0.2, 0) is 23.8 Å². The Morgan fingerprint density at radius 2 is 0.542 bits per heavy atom. The summed E-state index contributed by atoms with van der Waals surface area (Å²) in [7, 11) is 0. The van der Waals surface area contributed by atoms with Crippen molar-refractivity contribution in [3.8, 4) is 0 Å². The smallest absolute Gasteiger partial charge is 0.305 e. The van der Waals surface area contributed by atoms with Gasteiger partial charge in [-0.05, 0) is 19.3 Å². The molecule has 6 heteroatoms. The predicted octanol–water partition coefficient (Wildman–Crippen LogP) is 22.1. The standard InChI is InChI=1S/C66H127NO5/c1-4-7-10-13-16-19-22-25-28-31-32-35-36-39-42-45-48-51-54-57-63-67-66(60-70-63,61-71-64(68)58-55-52-49-46-43-40-37-33-29-26-23-20-17-14-11-8-5-2)62-72-65(69)59-56-53-50-47-44-41-38-34-30-27-24-21-18-15-12-9-6-3/h4-62H2,1-3H3. The van der Waals surface area contributed by atoms with Crippen LogP contribution in [0.4, 0.5) is 0 Å². The van der Waals surface area contributed by atoms with E-state index < -0.39 is 5.54 Å². The lowest BCUT2D eigenvalue weighted by atomic mass is 10.0. The first-order chi connectivity index (χ1) is 35.5. The van der Waals surface area contributed by atoms with E-state index in [2.05, 4.69) is 20.8 Å². The van der Waals surface area contributed by atoms with Crippen molar-refractivity contribution in [1.82, 2.24) is 0 Å². The topological polar surface area (TPSA) is 74.2 Å². The summed E-state index contributed by atoms with van der Waals surface area (Å²) >= 11 is 0. The third-order valence-corrected chi connectivity index (χ3v) is 15.8. The molecule has 0 spiro atoms. The molecule has 0 aromatic rings. The van der Waals surface area contributed by atoms with E-state index in [1.807, 2.05) is 0 Å². The molecule has 0 unspecified atom stereocenters. The first-order valence-electron chi connectivity index (χ1n) is 33.1. The number of unbranched alkanes of at least 4 members (excludes halogenated alkanes) is 50. The predicted molar refractivity (Wildman–Crippen MR) is 314 cm³/mol. The van der Waals surface area contributed by atoms with Crippen molar-refractivity contribution in [2.75, 3.05) is 19.8 Å². The Bertz CT molecular complexity index is 1100. The van der Waals surface area contributed by atoms with Crippen molar-refractivity contribution in [3.05, 3.63) is 0 Å². The number of carbonyl (C=O) groups excluding carboxylic acids is 2. The number of nitrogens with zero attached hydrogens (tertiary/aromatic N) is 1. The van der Waals surface area contributed by atoms with Crippen molar-refractivity contribution < 1.29 is 23.8 Å². The maximum atomic E-state index is 12.9. The van der Waals surface area contributed by atoms with Crippen LogP contribution in [-0.4, -0.2) is 43.2 Å². The van der Waals surface area contributed by atoms with E-state index in [4.69, 9.17) is 19.2 Å². The van der Waals surface area contributed by atoms with E-state index in [1.165, 1.54) is 308 Å². The van der Waals surface area contributed by atoms with Crippen molar-refractivity contribution in [1.29, 1.82) is 0 Å². The van der Waals surface area contributed by atoms with Crippen molar-refractivity contribution >= 4 is 17.8 Å². The highest BCUT2D eigenvalue weighted by molar-refractivity contribution is 5.78. The van der Waals surface area contributed by atoms with E-state index in [0.717, 1.165) is 44.4 Å². The van der Waals surface area contributed by atoms with E-state index in [1.54, 1.807) is 0 Å². The minimum atomic E-state index is -0.836. The summed E-state index contributed by atoms with van der Waals surface area (Å²) in [5, 5.41) is 0. The third-order valence-electron chi connectivity index (χ3n) is 15.8. The molecule has 0 aromatic heterocycles. The van der Waals surface area contributed by atoms with Crippen LogP contribution < -0.4 is 0 Å². The molecule has 0 N–H and O–H groups in total. The molecule has 1 aliphatic heterocycles. The summed E-state index contributed by atoms with van der Waals surface area (Å²) in [5.74, 6) is 0.385. The Morgan fingerprint density at radius 3 is 0.778 bits per heavy atom. The quantitative estimate of drug-likeness (QED) is 0.0448. The summed E-state index contributed by atoms with van der Waals surface area (Å²) in [5.41, 5.74) is -0.836. The highest BCUT2D eigenvalue weighted by Gasteiger charge is 2.40. The van der Waals surface area contributed by atoms with Crippen LogP contribution in [0.3, 0.4) is 0 Å². The monoisotopic (exact) mass is 1010 g/mol. The van der Waals surface area contributed by atoms with Crippen LogP contribution in [0.5, 0.6) is 0 Å². The molecule has 0 saturated carbocycles. The number of rotatable bonds is 60. The largest absolute Gasteiger partial charge is 0.478 e. The van der Waals surface area contributed by atoms with Crippen LogP contribution in [0, 0.1) is 0 Å². The average molecular weight is 1010 g/mol. The lowest BCUT2D eigenvalue weighted by Gasteiger charge is -2.23. The van der Waals surface area contributed by atoms with Crippen molar-refractivity contribution in [2.45, 2.75) is 386 Å². The number of hydrogen-bond acceptors (Lipinski definition) is 6. The van der Waals surface area contributed by atoms with Gasteiger partial charge in [-0.15, -0.1) is 0 Å². The minimum absolute atomic E-state index is 0.111. The zero-order chi connectivity index (χ0) is 51.8. The maximum absolute atomic E-state index is 12.9. The van der Waals surface area contributed by atoms with Gasteiger partial charge in [-0.3, -0.25) is 9.59 Å². The Morgan fingerprint density at radius 1 is 0.333 bits per heavy atom. The molecule has 0 amide bonds. The second kappa shape index (κ2) is 55.6. The van der Waals surface area contributed by atoms with Gasteiger partial charge in [-0.2, -0.15) is 0 Å². The van der Waals surface area contributed by atoms with Crippen LogP contribution in [0.1, 0.15) is 380 Å². The van der Waals surface area contributed by atoms with Gasteiger partial charge < -0.3 is 14.2 Å². The molecule has 1 heterocycles. The number of carbonyl (C=O) groups is 2. The van der Waals surface area contributed by atoms with Crippen LogP contribution in [0.25, 0.3) is 0 Å². The molecule has 0 bridgehead atoms. The van der Waals surface area contributed by atoms with Gasteiger partial charge in [0.1, 0.15) is 19.8 Å². The molecule has 0 saturated heterocycles. The highest BCUT2D eigenvalue weighted by Crippen LogP contribution is 2.25. The number of ether oxygens (including phenoxy) is 3. The molecule has 1 aliphatic rings. The Kier molecular flexibility index (Phi) is 52.9. The summed E-state index contributed by atoms with van der Waals surface area (Å²) in [6.07, 6.45) is 72.6. The van der Waals surface area contributed by atoms with E-state index in [0.29, 0.717) is 19.4 Å². The second-order valence-corrected chi connectivity index (χ2v) is 23.3. The normalized spacial score (nSPS) is 13.2. The van der Waals surface area contributed by atoms with Gasteiger partial charge in [-0.25, -0.2) is 4.99 Å². The summed E-state index contributed by atoms with van der Waals surface area (Å²) in [4.78, 5) is 30.9. The fourth-order valence-electron chi connectivity index (χ4n) is 10.8. The van der Waals surface area contributed by atoms with Gasteiger partial charge in [0.2, 0.25) is 0 Å². The fourth-order valence-corrected chi connectivity index (χ4v) is 10.8. The molecule has 0 fully saturated rings. The highest BCUT2D eigenvalue weighted by atomic mass is 16.6. The van der Waals surface area contributed by atoms with Crippen molar-refractivity contribution in [2.24, 2.45) is 4.99 Å². The van der Waals surface area contributed by atoms with E-state index in [-0.39, 0.29) is 25.2 Å². The molecule has 0 atom stereocenters. The Hall–Kier alpha value is -1.59. The van der Waals surface area contributed by atoms with Gasteiger partial charge >= 0.3 is 11.9 Å². The van der Waals surface area contributed by atoms with Gasteiger partial charge in [0.05, 0.1) is 0 Å². The number of esters is 2.